The largest absolute Gasteiger partial charge is 0.454 e. The molecule has 1 N–H and O–H groups in total. The fraction of sp³-hybridized carbons (Fsp3) is 0.316. The number of ether oxygens (including phenoxy) is 3. The molecule has 0 bridgehead atoms. The van der Waals surface area contributed by atoms with Crippen LogP contribution in [0.25, 0.3) is 11.1 Å². The molecule has 0 radical (unpaired) electrons. The zero-order chi connectivity index (χ0) is 19.1. The molecule has 2 aliphatic rings. The van der Waals surface area contributed by atoms with Gasteiger partial charge < -0.3 is 28.8 Å². The highest BCUT2D eigenvalue weighted by Gasteiger charge is 2.26. The predicted molar refractivity (Wildman–Crippen MR) is 100 cm³/mol. The maximum Gasteiger partial charge on any atom is 0.260 e. The maximum atomic E-state index is 13.1. The van der Waals surface area contributed by atoms with Gasteiger partial charge >= 0.3 is 0 Å². The molecule has 0 atom stereocenters. The van der Waals surface area contributed by atoms with Crippen LogP contribution in [-0.2, 0) is 4.74 Å². The van der Waals surface area contributed by atoms with Crippen LogP contribution in [0.1, 0.15) is 16.1 Å². The molecule has 0 spiro atoms. The number of rotatable bonds is 3. The van der Waals surface area contributed by atoms with Gasteiger partial charge in [-0.3, -0.25) is 4.79 Å². The van der Waals surface area contributed by atoms with Gasteiger partial charge in [0.15, 0.2) is 11.5 Å². The number of benzene rings is 1. The molecule has 1 aromatic carbocycles. The Bertz CT molecular complexity index is 1060. The van der Waals surface area contributed by atoms with Crippen LogP contribution in [0, 0.1) is 6.92 Å². The first-order valence-electron chi connectivity index (χ1n) is 8.98. The van der Waals surface area contributed by atoms with E-state index in [1.165, 1.54) is 6.33 Å². The lowest BCUT2D eigenvalue weighted by Gasteiger charge is -2.28. The number of aryl methyl sites for hydroxylation is 1. The zero-order valence-corrected chi connectivity index (χ0v) is 15.2. The topological polar surface area (TPSA) is 99.0 Å². The van der Waals surface area contributed by atoms with E-state index in [2.05, 4.69) is 20.2 Å². The summed E-state index contributed by atoms with van der Waals surface area (Å²) in [7, 11) is 0. The number of anilines is 2. The molecule has 2 aliphatic heterocycles. The smallest absolute Gasteiger partial charge is 0.260 e. The van der Waals surface area contributed by atoms with E-state index in [0.717, 1.165) is 0 Å². The summed E-state index contributed by atoms with van der Waals surface area (Å²) in [6, 6.07) is 5.26. The standard InChI is InChI=1S/C19H18N4O5/c1-11-15(18(24)22-12-2-3-13-14(8-12)27-10-26-13)16-17(20-9-21-19(16)28-11)23-4-6-25-7-5-23/h2-3,8-9H,4-7,10H2,1H3,(H,22,24). The lowest BCUT2D eigenvalue weighted by molar-refractivity contribution is 0.102. The minimum Gasteiger partial charge on any atom is -0.454 e. The average molecular weight is 382 g/mol. The Hall–Kier alpha value is -3.33. The highest BCUT2D eigenvalue weighted by Crippen LogP contribution is 2.35. The Morgan fingerprint density at radius 1 is 1.14 bits per heavy atom. The highest BCUT2D eigenvalue weighted by atomic mass is 16.7. The molecular formula is C19H18N4O5. The van der Waals surface area contributed by atoms with Crippen molar-refractivity contribution >= 4 is 28.5 Å². The fourth-order valence-electron chi connectivity index (χ4n) is 3.49. The van der Waals surface area contributed by atoms with Crippen LogP contribution in [-0.4, -0.2) is 49.0 Å². The van der Waals surface area contributed by atoms with E-state index in [9.17, 15) is 4.79 Å². The molecule has 2 aromatic heterocycles. The first-order chi connectivity index (χ1) is 13.7. The van der Waals surface area contributed by atoms with E-state index < -0.39 is 0 Å². The summed E-state index contributed by atoms with van der Waals surface area (Å²) in [5.74, 6) is 2.14. The molecule has 28 heavy (non-hydrogen) atoms. The molecule has 0 saturated carbocycles. The van der Waals surface area contributed by atoms with Gasteiger partial charge in [-0.1, -0.05) is 0 Å². The van der Waals surface area contributed by atoms with Gasteiger partial charge in [0.1, 0.15) is 17.9 Å². The number of hydrogen-bond donors (Lipinski definition) is 1. The molecule has 1 fully saturated rings. The van der Waals surface area contributed by atoms with Gasteiger partial charge in [-0.25, -0.2) is 9.97 Å². The van der Waals surface area contributed by atoms with Crippen molar-refractivity contribution in [1.82, 2.24) is 9.97 Å². The van der Waals surface area contributed by atoms with Crippen molar-refractivity contribution in [2.75, 3.05) is 43.3 Å². The van der Waals surface area contributed by atoms with Crippen molar-refractivity contribution in [2.24, 2.45) is 0 Å². The number of amides is 1. The monoisotopic (exact) mass is 382 g/mol. The summed E-state index contributed by atoms with van der Waals surface area (Å²) in [4.78, 5) is 23.8. The summed E-state index contributed by atoms with van der Waals surface area (Å²) in [6.45, 7) is 4.54. The number of furan rings is 1. The lowest BCUT2D eigenvalue weighted by Crippen LogP contribution is -2.37. The third kappa shape index (κ3) is 2.80. The minimum atomic E-state index is -0.292. The Kier molecular flexibility index (Phi) is 4.01. The van der Waals surface area contributed by atoms with E-state index in [0.29, 0.717) is 71.7 Å². The average Bonchev–Trinajstić information content (AvgIpc) is 3.31. The second-order valence-electron chi connectivity index (χ2n) is 6.53. The Labute approximate surface area is 160 Å². The molecule has 0 unspecified atom stereocenters. The maximum absolute atomic E-state index is 13.1. The summed E-state index contributed by atoms with van der Waals surface area (Å²) in [6.07, 6.45) is 1.45. The molecule has 5 rings (SSSR count). The first-order valence-corrected chi connectivity index (χ1v) is 8.98. The summed E-state index contributed by atoms with van der Waals surface area (Å²) in [5, 5.41) is 3.52. The van der Waals surface area contributed by atoms with Crippen molar-refractivity contribution in [3.63, 3.8) is 0 Å². The summed E-state index contributed by atoms with van der Waals surface area (Å²) < 4.78 is 21.9. The number of nitrogens with zero attached hydrogens (tertiary/aromatic N) is 3. The van der Waals surface area contributed by atoms with E-state index >= 15 is 0 Å². The number of nitrogens with one attached hydrogen (secondary N) is 1. The van der Waals surface area contributed by atoms with Gasteiger partial charge in [0.25, 0.3) is 5.91 Å². The molecule has 0 aliphatic carbocycles. The highest BCUT2D eigenvalue weighted by molar-refractivity contribution is 6.15. The van der Waals surface area contributed by atoms with Crippen LogP contribution >= 0.6 is 0 Å². The summed E-state index contributed by atoms with van der Waals surface area (Å²) in [5.41, 5.74) is 1.42. The number of aromatic nitrogens is 2. The normalized spacial score (nSPS) is 15.8. The fourth-order valence-corrected chi connectivity index (χ4v) is 3.49. The van der Waals surface area contributed by atoms with Gasteiger partial charge in [-0.05, 0) is 19.1 Å². The van der Waals surface area contributed by atoms with Crippen molar-refractivity contribution in [1.29, 1.82) is 0 Å². The Morgan fingerprint density at radius 2 is 1.96 bits per heavy atom. The molecule has 1 amide bonds. The van der Waals surface area contributed by atoms with E-state index in [-0.39, 0.29) is 12.7 Å². The van der Waals surface area contributed by atoms with Gasteiger partial charge in [0.2, 0.25) is 12.5 Å². The van der Waals surface area contributed by atoms with Crippen LogP contribution in [0.3, 0.4) is 0 Å². The van der Waals surface area contributed by atoms with Crippen LogP contribution in [0.5, 0.6) is 11.5 Å². The molecule has 3 aromatic rings. The number of carbonyl (C=O) groups is 1. The van der Waals surface area contributed by atoms with E-state index in [1.807, 2.05) is 0 Å². The van der Waals surface area contributed by atoms with Crippen molar-refractivity contribution in [3.05, 3.63) is 35.9 Å². The number of hydrogen-bond acceptors (Lipinski definition) is 8. The third-order valence-corrected chi connectivity index (χ3v) is 4.81. The SMILES string of the molecule is Cc1oc2ncnc(N3CCOCC3)c2c1C(=O)Nc1ccc2c(c1)OCO2. The van der Waals surface area contributed by atoms with Gasteiger partial charge in [0.05, 0.1) is 24.2 Å². The van der Waals surface area contributed by atoms with Crippen molar-refractivity contribution in [3.8, 4) is 11.5 Å². The van der Waals surface area contributed by atoms with Crippen LogP contribution < -0.4 is 19.7 Å². The molecule has 144 valence electrons. The molecule has 9 heteroatoms. The second-order valence-corrected chi connectivity index (χ2v) is 6.53. The molecule has 1 saturated heterocycles. The van der Waals surface area contributed by atoms with Crippen molar-refractivity contribution < 1.29 is 23.4 Å². The lowest BCUT2D eigenvalue weighted by atomic mass is 10.1. The second kappa shape index (κ2) is 6.68. The number of morpholine rings is 1. The van der Waals surface area contributed by atoms with Crippen LogP contribution in [0.2, 0.25) is 0 Å². The van der Waals surface area contributed by atoms with Crippen molar-refractivity contribution in [2.45, 2.75) is 6.92 Å². The van der Waals surface area contributed by atoms with Gasteiger partial charge in [-0.2, -0.15) is 0 Å². The quantitative estimate of drug-likeness (QED) is 0.737. The summed E-state index contributed by atoms with van der Waals surface area (Å²) >= 11 is 0. The van der Waals surface area contributed by atoms with Crippen LogP contribution in [0.4, 0.5) is 11.5 Å². The van der Waals surface area contributed by atoms with Gasteiger partial charge in [0, 0.05) is 24.8 Å². The van der Waals surface area contributed by atoms with E-state index in [4.69, 9.17) is 18.6 Å². The van der Waals surface area contributed by atoms with Crippen LogP contribution in [0.15, 0.2) is 28.9 Å². The van der Waals surface area contributed by atoms with Gasteiger partial charge in [-0.15, -0.1) is 0 Å². The first kappa shape index (κ1) is 16.8. The Morgan fingerprint density at radius 3 is 2.82 bits per heavy atom. The third-order valence-electron chi connectivity index (χ3n) is 4.81. The molecule has 9 nitrogen and oxygen atoms in total. The number of fused-ring (bicyclic) bond motifs is 2. The number of carbonyl (C=O) groups excluding carboxylic acids is 1. The Balaban J connectivity index is 1.52. The zero-order valence-electron chi connectivity index (χ0n) is 15.2. The minimum absolute atomic E-state index is 0.179. The molecule has 4 heterocycles. The molecular weight excluding hydrogens is 364 g/mol. The predicted octanol–water partition coefficient (Wildman–Crippen LogP) is 2.35. The van der Waals surface area contributed by atoms with E-state index in [1.54, 1.807) is 25.1 Å².